The molecule has 0 heterocycles. The van der Waals surface area contributed by atoms with E-state index in [-0.39, 0.29) is 18.3 Å². The third-order valence-corrected chi connectivity index (χ3v) is 2.63. The maximum absolute atomic E-state index is 12.7. The average Bonchev–Trinajstić information content (AvgIpc) is 2.37. The summed E-state index contributed by atoms with van der Waals surface area (Å²) in [5, 5.41) is 8.76. The van der Waals surface area contributed by atoms with Crippen LogP contribution in [-0.2, 0) is 9.59 Å². The van der Waals surface area contributed by atoms with Crippen molar-refractivity contribution in [1.29, 1.82) is 0 Å². The summed E-state index contributed by atoms with van der Waals surface area (Å²) >= 11 is 0. The standard InChI is InChI=1S/C14H16FNO3/c1-10(14(18)19)9-16(2)13(17)8-5-11-3-6-12(15)7-4-11/h3-8,10H,9H2,1-2H3,(H,18,19)/b8-5+. The number of carboxylic acid groups (broad SMARTS) is 1. The average molecular weight is 265 g/mol. The lowest BCUT2D eigenvalue weighted by Crippen LogP contribution is -2.32. The molecule has 5 heteroatoms. The Hall–Kier alpha value is -2.17. The first-order valence-electron chi connectivity index (χ1n) is 5.81. The van der Waals surface area contributed by atoms with Gasteiger partial charge in [-0.2, -0.15) is 0 Å². The largest absolute Gasteiger partial charge is 0.481 e. The fraction of sp³-hybridized carbons (Fsp3) is 0.286. The van der Waals surface area contributed by atoms with Gasteiger partial charge in [-0.05, 0) is 23.8 Å². The summed E-state index contributed by atoms with van der Waals surface area (Å²) in [6, 6.07) is 5.72. The van der Waals surface area contributed by atoms with Gasteiger partial charge in [0.2, 0.25) is 5.91 Å². The van der Waals surface area contributed by atoms with Gasteiger partial charge < -0.3 is 10.0 Å². The minimum Gasteiger partial charge on any atom is -0.481 e. The number of amides is 1. The molecule has 1 amide bonds. The number of halogens is 1. The van der Waals surface area contributed by atoms with E-state index in [0.29, 0.717) is 5.56 Å². The van der Waals surface area contributed by atoms with Gasteiger partial charge in [0.05, 0.1) is 5.92 Å². The van der Waals surface area contributed by atoms with Gasteiger partial charge >= 0.3 is 5.97 Å². The SMILES string of the molecule is CC(CN(C)C(=O)/C=C/c1ccc(F)cc1)C(=O)O. The van der Waals surface area contributed by atoms with Gasteiger partial charge in [-0.15, -0.1) is 0 Å². The summed E-state index contributed by atoms with van der Waals surface area (Å²) in [7, 11) is 1.54. The van der Waals surface area contributed by atoms with Crippen LogP contribution in [0, 0.1) is 11.7 Å². The lowest BCUT2D eigenvalue weighted by Gasteiger charge is -2.17. The van der Waals surface area contributed by atoms with Crippen LogP contribution in [-0.4, -0.2) is 35.5 Å². The van der Waals surface area contributed by atoms with E-state index in [9.17, 15) is 14.0 Å². The summed E-state index contributed by atoms with van der Waals surface area (Å²) < 4.78 is 12.7. The number of carbonyl (C=O) groups excluding carboxylic acids is 1. The highest BCUT2D eigenvalue weighted by Gasteiger charge is 2.15. The fourth-order valence-corrected chi connectivity index (χ4v) is 1.45. The van der Waals surface area contributed by atoms with Crippen molar-refractivity contribution in [2.24, 2.45) is 5.92 Å². The summed E-state index contributed by atoms with van der Waals surface area (Å²) in [5.74, 6) is -2.19. The van der Waals surface area contributed by atoms with Gasteiger partial charge in [-0.1, -0.05) is 19.1 Å². The van der Waals surface area contributed by atoms with Gasteiger partial charge in [0, 0.05) is 19.7 Å². The zero-order valence-corrected chi connectivity index (χ0v) is 10.8. The molecular formula is C14H16FNO3. The smallest absolute Gasteiger partial charge is 0.308 e. The molecule has 1 unspecified atom stereocenters. The Morgan fingerprint density at radius 2 is 1.95 bits per heavy atom. The Morgan fingerprint density at radius 3 is 2.47 bits per heavy atom. The van der Waals surface area contributed by atoms with Crippen molar-refractivity contribution < 1.29 is 19.1 Å². The molecule has 1 atom stereocenters. The minimum absolute atomic E-state index is 0.141. The molecular weight excluding hydrogens is 249 g/mol. The van der Waals surface area contributed by atoms with Crippen LogP contribution < -0.4 is 0 Å². The summed E-state index contributed by atoms with van der Waals surface area (Å²) in [4.78, 5) is 23.7. The van der Waals surface area contributed by atoms with E-state index >= 15 is 0 Å². The third kappa shape index (κ3) is 4.91. The summed E-state index contributed by atoms with van der Waals surface area (Å²) in [6.45, 7) is 1.68. The number of likely N-dealkylation sites (N-methyl/N-ethyl adjacent to an activating group) is 1. The summed E-state index contributed by atoms with van der Waals surface area (Å²) in [6.07, 6.45) is 2.89. The van der Waals surface area contributed by atoms with Gasteiger partial charge in [0.15, 0.2) is 0 Å². The van der Waals surface area contributed by atoms with E-state index in [1.54, 1.807) is 18.2 Å². The van der Waals surface area contributed by atoms with Crippen LogP contribution >= 0.6 is 0 Å². The minimum atomic E-state index is -0.942. The molecule has 0 spiro atoms. The van der Waals surface area contributed by atoms with Crippen LogP contribution in [0.5, 0.6) is 0 Å². The molecule has 0 aliphatic heterocycles. The van der Waals surface area contributed by atoms with Gasteiger partial charge in [0.25, 0.3) is 0 Å². The monoisotopic (exact) mass is 265 g/mol. The van der Waals surface area contributed by atoms with Crippen molar-refractivity contribution in [2.45, 2.75) is 6.92 Å². The van der Waals surface area contributed by atoms with E-state index in [4.69, 9.17) is 5.11 Å². The number of rotatable bonds is 5. The molecule has 0 saturated heterocycles. The molecule has 102 valence electrons. The fourth-order valence-electron chi connectivity index (χ4n) is 1.45. The topological polar surface area (TPSA) is 57.6 Å². The lowest BCUT2D eigenvalue weighted by molar-refractivity contribution is -0.142. The molecule has 1 N–H and O–H groups in total. The number of hydrogen-bond acceptors (Lipinski definition) is 2. The predicted octanol–water partition coefficient (Wildman–Crippen LogP) is 2.02. The molecule has 0 aliphatic rings. The zero-order chi connectivity index (χ0) is 14.4. The van der Waals surface area contributed by atoms with Crippen LogP contribution in [0.15, 0.2) is 30.3 Å². The zero-order valence-electron chi connectivity index (χ0n) is 10.8. The van der Waals surface area contributed by atoms with E-state index in [1.165, 1.54) is 37.1 Å². The molecule has 1 aromatic rings. The van der Waals surface area contributed by atoms with Crippen molar-refractivity contribution in [1.82, 2.24) is 4.90 Å². The molecule has 1 aromatic carbocycles. The predicted molar refractivity (Wildman–Crippen MR) is 69.9 cm³/mol. The quantitative estimate of drug-likeness (QED) is 0.829. The highest BCUT2D eigenvalue weighted by atomic mass is 19.1. The normalized spacial score (nSPS) is 12.4. The molecule has 0 aromatic heterocycles. The maximum Gasteiger partial charge on any atom is 0.308 e. The van der Waals surface area contributed by atoms with Crippen LogP contribution in [0.25, 0.3) is 6.08 Å². The third-order valence-electron chi connectivity index (χ3n) is 2.63. The van der Waals surface area contributed by atoms with Crippen molar-refractivity contribution >= 4 is 18.0 Å². The van der Waals surface area contributed by atoms with Crippen LogP contribution in [0.4, 0.5) is 4.39 Å². The van der Waals surface area contributed by atoms with E-state index in [2.05, 4.69) is 0 Å². The molecule has 0 radical (unpaired) electrons. The van der Waals surface area contributed by atoms with Gasteiger partial charge in [-0.3, -0.25) is 9.59 Å². The molecule has 0 saturated carbocycles. The van der Waals surface area contributed by atoms with Crippen molar-refractivity contribution in [2.75, 3.05) is 13.6 Å². The molecule has 4 nitrogen and oxygen atoms in total. The molecule has 1 rings (SSSR count). The summed E-state index contributed by atoms with van der Waals surface area (Å²) in [5.41, 5.74) is 0.703. The Bertz CT molecular complexity index is 482. The van der Waals surface area contributed by atoms with Crippen LogP contribution in [0.1, 0.15) is 12.5 Å². The van der Waals surface area contributed by atoms with Crippen LogP contribution in [0.2, 0.25) is 0 Å². The molecule has 0 fully saturated rings. The van der Waals surface area contributed by atoms with Crippen LogP contribution in [0.3, 0.4) is 0 Å². The second-order valence-electron chi connectivity index (χ2n) is 4.34. The number of carbonyl (C=O) groups is 2. The number of nitrogens with zero attached hydrogens (tertiary/aromatic N) is 1. The lowest BCUT2D eigenvalue weighted by atomic mass is 10.1. The second-order valence-corrected chi connectivity index (χ2v) is 4.34. The number of hydrogen-bond donors (Lipinski definition) is 1. The highest BCUT2D eigenvalue weighted by Crippen LogP contribution is 2.05. The molecule has 0 bridgehead atoms. The molecule has 19 heavy (non-hydrogen) atoms. The first-order valence-corrected chi connectivity index (χ1v) is 5.81. The number of carboxylic acids is 1. The maximum atomic E-state index is 12.7. The van der Waals surface area contributed by atoms with Gasteiger partial charge in [-0.25, -0.2) is 4.39 Å². The first-order chi connectivity index (χ1) is 8.90. The Balaban J connectivity index is 2.58. The Kier molecular flexibility index (Phi) is 5.23. The first kappa shape index (κ1) is 14.9. The number of aliphatic carboxylic acids is 1. The van der Waals surface area contributed by atoms with Crippen molar-refractivity contribution in [3.05, 3.63) is 41.7 Å². The molecule has 0 aliphatic carbocycles. The Labute approximate surface area is 111 Å². The van der Waals surface area contributed by atoms with E-state index in [1.807, 2.05) is 0 Å². The second kappa shape index (κ2) is 6.68. The van der Waals surface area contributed by atoms with Gasteiger partial charge in [0.1, 0.15) is 5.82 Å². The number of benzene rings is 1. The van der Waals surface area contributed by atoms with E-state index < -0.39 is 11.9 Å². The van der Waals surface area contributed by atoms with Crippen molar-refractivity contribution in [3.63, 3.8) is 0 Å². The highest BCUT2D eigenvalue weighted by molar-refractivity contribution is 5.91. The van der Waals surface area contributed by atoms with Crippen molar-refractivity contribution in [3.8, 4) is 0 Å². The Morgan fingerprint density at radius 1 is 1.37 bits per heavy atom. The van der Waals surface area contributed by atoms with E-state index in [0.717, 1.165) is 0 Å².